The molecular weight excluding hydrogens is 299 g/mol. The van der Waals surface area contributed by atoms with Crippen molar-refractivity contribution in [1.29, 1.82) is 0 Å². The standard InChI is InChI=1S/C17H29O4P/c1-4-5-6-7-8-9-10-14-20-22(18,19)21-17-13-11-12-15(2)16(17)3/h11-13H,4-10,14H2,1-3H3,(H,18,19). The summed E-state index contributed by atoms with van der Waals surface area (Å²) in [5.41, 5.74) is 1.88. The van der Waals surface area contributed by atoms with Crippen molar-refractivity contribution in [2.45, 2.75) is 65.7 Å². The summed E-state index contributed by atoms with van der Waals surface area (Å²) in [4.78, 5) is 9.77. The van der Waals surface area contributed by atoms with Crippen LogP contribution in [-0.2, 0) is 9.09 Å². The van der Waals surface area contributed by atoms with Gasteiger partial charge in [0.25, 0.3) is 0 Å². The molecule has 0 radical (unpaired) electrons. The van der Waals surface area contributed by atoms with E-state index in [0.717, 1.165) is 30.4 Å². The minimum atomic E-state index is -4.03. The van der Waals surface area contributed by atoms with Gasteiger partial charge in [0.05, 0.1) is 6.61 Å². The van der Waals surface area contributed by atoms with E-state index in [1.165, 1.54) is 25.7 Å². The van der Waals surface area contributed by atoms with Crippen molar-refractivity contribution in [3.8, 4) is 5.75 Å². The van der Waals surface area contributed by atoms with Crippen LogP contribution in [0, 0.1) is 13.8 Å². The van der Waals surface area contributed by atoms with Crippen LogP contribution in [0.2, 0.25) is 0 Å². The molecule has 0 heterocycles. The Balaban J connectivity index is 2.27. The maximum atomic E-state index is 11.9. The third-order valence-corrected chi connectivity index (χ3v) is 4.71. The molecule has 4 nitrogen and oxygen atoms in total. The topological polar surface area (TPSA) is 55.8 Å². The summed E-state index contributed by atoms with van der Waals surface area (Å²) >= 11 is 0. The Kier molecular flexibility index (Phi) is 8.77. The molecule has 0 aliphatic heterocycles. The van der Waals surface area contributed by atoms with Crippen molar-refractivity contribution in [1.82, 2.24) is 0 Å². The lowest BCUT2D eigenvalue weighted by Crippen LogP contribution is -2.00. The number of aryl methyl sites for hydroxylation is 1. The normalized spacial score (nSPS) is 13.8. The van der Waals surface area contributed by atoms with Crippen molar-refractivity contribution in [2.75, 3.05) is 6.61 Å². The van der Waals surface area contributed by atoms with Crippen molar-refractivity contribution >= 4 is 7.82 Å². The molecule has 0 aliphatic rings. The van der Waals surface area contributed by atoms with E-state index in [0.29, 0.717) is 5.75 Å². The van der Waals surface area contributed by atoms with E-state index < -0.39 is 7.82 Å². The quantitative estimate of drug-likeness (QED) is 0.427. The van der Waals surface area contributed by atoms with Gasteiger partial charge in [0, 0.05) is 0 Å². The molecule has 22 heavy (non-hydrogen) atoms. The molecule has 1 aromatic carbocycles. The van der Waals surface area contributed by atoms with E-state index in [1.54, 1.807) is 12.1 Å². The molecule has 1 unspecified atom stereocenters. The van der Waals surface area contributed by atoms with Crippen LogP contribution in [0.4, 0.5) is 0 Å². The summed E-state index contributed by atoms with van der Waals surface area (Å²) in [7, 11) is -4.03. The molecule has 0 saturated heterocycles. The number of rotatable bonds is 11. The molecule has 0 saturated carbocycles. The SMILES string of the molecule is CCCCCCCCCOP(=O)(O)Oc1cccc(C)c1C. The van der Waals surface area contributed by atoms with Gasteiger partial charge in [-0.25, -0.2) is 4.57 Å². The minimum Gasteiger partial charge on any atom is -0.404 e. The summed E-state index contributed by atoms with van der Waals surface area (Å²) in [6.07, 6.45) is 7.98. The molecule has 1 aromatic rings. The molecule has 5 heteroatoms. The number of unbranched alkanes of at least 4 members (excludes halogenated alkanes) is 6. The third-order valence-electron chi connectivity index (χ3n) is 3.77. The number of benzene rings is 1. The highest BCUT2D eigenvalue weighted by Crippen LogP contribution is 2.45. The Morgan fingerprint density at radius 1 is 1.05 bits per heavy atom. The van der Waals surface area contributed by atoms with Gasteiger partial charge in [0.2, 0.25) is 0 Å². The van der Waals surface area contributed by atoms with Crippen LogP contribution in [0.3, 0.4) is 0 Å². The summed E-state index contributed by atoms with van der Waals surface area (Å²) in [5.74, 6) is 0.408. The fourth-order valence-electron chi connectivity index (χ4n) is 2.21. The Hall–Kier alpha value is -0.830. The summed E-state index contributed by atoms with van der Waals surface area (Å²) < 4.78 is 22.1. The van der Waals surface area contributed by atoms with Gasteiger partial charge in [0.15, 0.2) is 0 Å². The second-order valence-corrected chi connectivity index (χ2v) is 7.09. The predicted molar refractivity (Wildman–Crippen MR) is 90.3 cm³/mol. The number of phosphoric acid groups is 1. The Morgan fingerprint density at radius 3 is 2.36 bits per heavy atom. The van der Waals surface area contributed by atoms with Gasteiger partial charge in [-0.05, 0) is 37.5 Å². The zero-order valence-corrected chi connectivity index (χ0v) is 14.9. The Labute approximate surface area is 134 Å². The zero-order chi connectivity index (χ0) is 16.4. The van der Waals surface area contributed by atoms with E-state index in [-0.39, 0.29) is 6.61 Å². The smallest absolute Gasteiger partial charge is 0.404 e. The van der Waals surface area contributed by atoms with Crippen LogP contribution in [-0.4, -0.2) is 11.5 Å². The lowest BCUT2D eigenvalue weighted by atomic mass is 10.1. The van der Waals surface area contributed by atoms with E-state index >= 15 is 0 Å². The molecule has 0 spiro atoms. The van der Waals surface area contributed by atoms with Crippen LogP contribution in [0.5, 0.6) is 5.75 Å². The van der Waals surface area contributed by atoms with Gasteiger partial charge in [-0.1, -0.05) is 57.6 Å². The first-order valence-corrected chi connectivity index (χ1v) is 9.69. The van der Waals surface area contributed by atoms with Crippen LogP contribution in [0.15, 0.2) is 18.2 Å². The van der Waals surface area contributed by atoms with Crippen LogP contribution < -0.4 is 4.52 Å². The highest BCUT2D eigenvalue weighted by Gasteiger charge is 2.23. The molecule has 0 fully saturated rings. The van der Waals surface area contributed by atoms with Gasteiger partial charge < -0.3 is 4.52 Å². The lowest BCUT2D eigenvalue weighted by Gasteiger charge is -2.15. The van der Waals surface area contributed by atoms with E-state index in [2.05, 4.69) is 6.92 Å². The second kappa shape index (κ2) is 10.0. The highest BCUT2D eigenvalue weighted by molar-refractivity contribution is 7.47. The van der Waals surface area contributed by atoms with Gasteiger partial charge in [0.1, 0.15) is 5.75 Å². The maximum absolute atomic E-state index is 11.9. The van der Waals surface area contributed by atoms with Crippen molar-refractivity contribution in [3.63, 3.8) is 0 Å². The summed E-state index contributed by atoms with van der Waals surface area (Å²) in [6.45, 7) is 6.25. The number of hydrogen-bond donors (Lipinski definition) is 1. The van der Waals surface area contributed by atoms with E-state index in [9.17, 15) is 9.46 Å². The third kappa shape index (κ3) is 7.44. The Bertz CT molecular complexity index is 488. The van der Waals surface area contributed by atoms with Gasteiger partial charge >= 0.3 is 7.82 Å². The molecule has 0 aromatic heterocycles. The zero-order valence-electron chi connectivity index (χ0n) is 14.0. The lowest BCUT2D eigenvalue weighted by molar-refractivity contribution is 0.199. The van der Waals surface area contributed by atoms with E-state index in [1.807, 2.05) is 19.9 Å². The molecular formula is C17H29O4P. The molecule has 0 bridgehead atoms. The predicted octanol–water partition coefficient (Wildman–Crippen LogP) is 5.55. The first kappa shape index (κ1) is 19.2. The second-order valence-electron chi connectivity index (χ2n) is 5.71. The average Bonchev–Trinajstić information content (AvgIpc) is 2.46. The molecule has 0 amide bonds. The minimum absolute atomic E-state index is 0.256. The van der Waals surface area contributed by atoms with Gasteiger partial charge in [-0.15, -0.1) is 0 Å². The van der Waals surface area contributed by atoms with Crippen LogP contribution >= 0.6 is 7.82 Å². The van der Waals surface area contributed by atoms with Crippen molar-refractivity contribution in [2.24, 2.45) is 0 Å². The first-order valence-electron chi connectivity index (χ1n) is 8.19. The van der Waals surface area contributed by atoms with Crippen molar-refractivity contribution < 1.29 is 18.5 Å². The largest absolute Gasteiger partial charge is 0.527 e. The van der Waals surface area contributed by atoms with Crippen LogP contribution in [0.1, 0.15) is 63.0 Å². The van der Waals surface area contributed by atoms with Crippen LogP contribution in [0.25, 0.3) is 0 Å². The summed E-state index contributed by atoms with van der Waals surface area (Å²) in [6, 6.07) is 5.42. The van der Waals surface area contributed by atoms with E-state index in [4.69, 9.17) is 9.05 Å². The van der Waals surface area contributed by atoms with Gasteiger partial charge in [-0.2, -0.15) is 0 Å². The average molecular weight is 328 g/mol. The number of hydrogen-bond acceptors (Lipinski definition) is 3. The molecule has 1 rings (SSSR count). The molecule has 0 aliphatic carbocycles. The van der Waals surface area contributed by atoms with Crippen molar-refractivity contribution in [3.05, 3.63) is 29.3 Å². The Morgan fingerprint density at radius 2 is 1.68 bits per heavy atom. The fourth-order valence-corrected chi connectivity index (χ4v) is 3.07. The fraction of sp³-hybridized carbons (Fsp3) is 0.647. The van der Waals surface area contributed by atoms with Gasteiger partial charge in [-0.3, -0.25) is 9.42 Å². The number of phosphoric ester groups is 1. The monoisotopic (exact) mass is 328 g/mol. The molecule has 126 valence electrons. The first-order chi connectivity index (χ1) is 10.5. The maximum Gasteiger partial charge on any atom is 0.527 e. The summed E-state index contributed by atoms with van der Waals surface area (Å²) in [5, 5.41) is 0. The molecule has 1 atom stereocenters. The highest BCUT2D eigenvalue weighted by atomic mass is 31.2. The molecule has 1 N–H and O–H groups in total.